The van der Waals surface area contributed by atoms with Gasteiger partial charge in [0.15, 0.2) is 0 Å². The average Bonchev–Trinajstić information content (AvgIpc) is 2.76. The van der Waals surface area contributed by atoms with Crippen LogP contribution in [0.2, 0.25) is 0 Å². The lowest BCUT2D eigenvalue weighted by atomic mass is 10.2. The first kappa shape index (κ1) is 15.1. The smallest absolute Gasteiger partial charge is 0.268 e. The molecule has 1 heterocycles. The van der Waals surface area contributed by atoms with E-state index in [-0.39, 0.29) is 11.1 Å². The molecule has 1 aliphatic heterocycles. The number of anilines is 1. The fraction of sp³-hybridized carbons (Fsp3) is 0.0588. The van der Waals surface area contributed by atoms with E-state index >= 15 is 0 Å². The van der Waals surface area contributed by atoms with E-state index in [9.17, 15) is 9.59 Å². The number of imide groups is 1. The molecule has 0 bridgehead atoms. The summed E-state index contributed by atoms with van der Waals surface area (Å²) in [6, 6.07) is 15.0. The first-order valence-corrected chi connectivity index (χ1v) is 8.26. The van der Waals surface area contributed by atoms with Crippen molar-refractivity contribution in [3.63, 3.8) is 0 Å². The van der Waals surface area contributed by atoms with E-state index in [1.54, 1.807) is 12.1 Å². The number of nitrogens with zero attached hydrogens (tertiary/aromatic N) is 1. The Morgan fingerprint density at radius 1 is 1.09 bits per heavy atom. The summed E-state index contributed by atoms with van der Waals surface area (Å²) in [5, 5.41) is -0.265. The number of aryl methyl sites for hydroxylation is 1. The van der Waals surface area contributed by atoms with Crippen LogP contribution in [0.15, 0.2) is 57.9 Å². The van der Waals surface area contributed by atoms with Crippen LogP contribution in [0.25, 0.3) is 6.08 Å². The van der Waals surface area contributed by atoms with Crippen molar-refractivity contribution in [2.45, 2.75) is 6.92 Å². The molecule has 0 unspecified atom stereocenters. The van der Waals surface area contributed by atoms with Gasteiger partial charge in [0.05, 0.1) is 10.6 Å². The first-order valence-electron chi connectivity index (χ1n) is 6.65. The fourth-order valence-corrected chi connectivity index (χ4v) is 3.27. The number of hydrogen-bond acceptors (Lipinski definition) is 3. The SMILES string of the molecule is Cc1cccc(N2C(=O)S/C(=C\c3ccc(Br)cc3)C2=O)c1. The Morgan fingerprint density at radius 2 is 1.82 bits per heavy atom. The zero-order valence-corrected chi connectivity index (χ0v) is 14.1. The fourth-order valence-electron chi connectivity index (χ4n) is 2.17. The summed E-state index contributed by atoms with van der Waals surface area (Å²) >= 11 is 4.34. The first-order chi connectivity index (χ1) is 10.5. The van der Waals surface area contributed by atoms with Gasteiger partial charge in [-0.1, -0.05) is 40.2 Å². The highest BCUT2D eigenvalue weighted by Gasteiger charge is 2.36. The Bertz CT molecular complexity index is 784. The molecule has 110 valence electrons. The summed E-state index contributed by atoms with van der Waals surface area (Å²) in [4.78, 5) is 26.3. The normalized spacial score (nSPS) is 16.6. The third-order valence-electron chi connectivity index (χ3n) is 3.22. The molecule has 3 rings (SSSR count). The third kappa shape index (κ3) is 3.00. The second-order valence-corrected chi connectivity index (χ2v) is 6.82. The van der Waals surface area contributed by atoms with Gasteiger partial charge in [-0.3, -0.25) is 9.59 Å². The molecule has 1 fully saturated rings. The van der Waals surface area contributed by atoms with E-state index in [0.29, 0.717) is 10.6 Å². The highest BCUT2D eigenvalue weighted by atomic mass is 79.9. The van der Waals surface area contributed by atoms with Crippen molar-refractivity contribution in [1.82, 2.24) is 0 Å². The molecule has 0 radical (unpaired) electrons. The maximum Gasteiger partial charge on any atom is 0.298 e. The lowest BCUT2D eigenvalue weighted by Crippen LogP contribution is -2.27. The van der Waals surface area contributed by atoms with Gasteiger partial charge in [-0.15, -0.1) is 0 Å². The van der Waals surface area contributed by atoms with Gasteiger partial charge in [-0.25, -0.2) is 4.90 Å². The Kier molecular flexibility index (Phi) is 4.18. The van der Waals surface area contributed by atoms with Gasteiger partial charge in [-0.2, -0.15) is 0 Å². The van der Waals surface area contributed by atoms with Gasteiger partial charge in [0.1, 0.15) is 0 Å². The van der Waals surface area contributed by atoms with Crippen molar-refractivity contribution in [3.05, 3.63) is 69.0 Å². The van der Waals surface area contributed by atoms with Crippen LogP contribution in [-0.2, 0) is 4.79 Å². The number of hydrogen-bond donors (Lipinski definition) is 0. The minimum absolute atomic E-state index is 0.265. The van der Waals surface area contributed by atoms with Gasteiger partial charge in [-0.05, 0) is 60.2 Å². The van der Waals surface area contributed by atoms with Gasteiger partial charge in [0.2, 0.25) is 0 Å². The molecule has 1 saturated heterocycles. The predicted octanol–water partition coefficient (Wildman–Crippen LogP) is 5.00. The Morgan fingerprint density at radius 3 is 2.50 bits per heavy atom. The Labute approximate surface area is 141 Å². The number of rotatable bonds is 2. The molecule has 3 nitrogen and oxygen atoms in total. The van der Waals surface area contributed by atoms with E-state index in [1.165, 1.54) is 4.90 Å². The van der Waals surface area contributed by atoms with E-state index in [0.717, 1.165) is 27.4 Å². The summed E-state index contributed by atoms with van der Waals surface area (Å²) in [7, 11) is 0. The Balaban J connectivity index is 1.93. The number of thioether (sulfide) groups is 1. The zero-order chi connectivity index (χ0) is 15.7. The molecule has 0 saturated carbocycles. The molecule has 5 heteroatoms. The molecule has 2 aromatic rings. The van der Waals surface area contributed by atoms with Crippen molar-refractivity contribution in [1.29, 1.82) is 0 Å². The molecule has 0 atom stereocenters. The number of carbonyl (C=O) groups is 2. The van der Waals surface area contributed by atoms with Crippen LogP contribution in [0, 0.1) is 6.92 Å². The average molecular weight is 374 g/mol. The van der Waals surface area contributed by atoms with Crippen LogP contribution >= 0.6 is 27.7 Å². The topological polar surface area (TPSA) is 37.4 Å². The van der Waals surface area contributed by atoms with Gasteiger partial charge >= 0.3 is 0 Å². The van der Waals surface area contributed by atoms with Crippen LogP contribution < -0.4 is 4.90 Å². The minimum atomic E-state index is -0.275. The van der Waals surface area contributed by atoms with Crippen LogP contribution in [0.3, 0.4) is 0 Å². The van der Waals surface area contributed by atoms with Crippen molar-refractivity contribution >= 4 is 50.6 Å². The van der Waals surface area contributed by atoms with Crippen molar-refractivity contribution in [2.75, 3.05) is 4.90 Å². The molecule has 2 aromatic carbocycles. The van der Waals surface area contributed by atoms with E-state index in [2.05, 4.69) is 15.9 Å². The molecule has 22 heavy (non-hydrogen) atoms. The largest absolute Gasteiger partial charge is 0.298 e. The van der Waals surface area contributed by atoms with E-state index < -0.39 is 0 Å². The predicted molar refractivity (Wildman–Crippen MR) is 93.8 cm³/mol. The molecule has 2 amide bonds. The highest BCUT2D eigenvalue weighted by Crippen LogP contribution is 2.35. The Hall–Kier alpha value is -1.85. The van der Waals surface area contributed by atoms with E-state index in [4.69, 9.17) is 0 Å². The highest BCUT2D eigenvalue weighted by molar-refractivity contribution is 9.10. The molecular weight excluding hydrogens is 362 g/mol. The van der Waals surface area contributed by atoms with Gasteiger partial charge < -0.3 is 0 Å². The maximum absolute atomic E-state index is 12.5. The number of halogens is 1. The van der Waals surface area contributed by atoms with Gasteiger partial charge in [0, 0.05) is 4.47 Å². The van der Waals surface area contributed by atoms with E-state index in [1.807, 2.05) is 49.4 Å². The second kappa shape index (κ2) is 6.10. The summed E-state index contributed by atoms with van der Waals surface area (Å²) in [6.45, 7) is 1.93. The monoisotopic (exact) mass is 373 g/mol. The number of carbonyl (C=O) groups excluding carboxylic acids is 2. The van der Waals surface area contributed by atoms with Crippen molar-refractivity contribution in [3.8, 4) is 0 Å². The lowest BCUT2D eigenvalue weighted by Gasteiger charge is -2.12. The summed E-state index contributed by atoms with van der Waals surface area (Å²) in [5.41, 5.74) is 2.51. The molecule has 0 aromatic heterocycles. The zero-order valence-electron chi connectivity index (χ0n) is 11.7. The molecule has 0 spiro atoms. The van der Waals surface area contributed by atoms with Gasteiger partial charge in [0.25, 0.3) is 11.1 Å². The summed E-state index contributed by atoms with van der Waals surface area (Å²) in [6.07, 6.45) is 1.74. The van der Waals surface area contributed by atoms with Crippen LogP contribution in [0.1, 0.15) is 11.1 Å². The number of benzene rings is 2. The quantitative estimate of drug-likeness (QED) is 0.695. The van der Waals surface area contributed by atoms with Crippen LogP contribution in [-0.4, -0.2) is 11.1 Å². The molecular formula is C17H12BrNO2S. The summed E-state index contributed by atoms with van der Waals surface area (Å²) in [5.74, 6) is -0.275. The van der Waals surface area contributed by atoms with Crippen LogP contribution in [0.4, 0.5) is 10.5 Å². The molecule has 0 N–H and O–H groups in total. The standard InChI is InChI=1S/C17H12BrNO2S/c1-11-3-2-4-14(9-11)19-16(20)15(22-17(19)21)10-12-5-7-13(18)8-6-12/h2-10H,1H3/b15-10-. The third-order valence-corrected chi connectivity index (χ3v) is 4.62. The second-order valence-electron chi connectivity index (χ2n) is 4.91. The number of amides is 2. The molecule has 0 aliphatic carbocycles. The maximum atomic E-state index is 12.5. The van der Waals surface area contributed by atoms with Crippen LogP contribution in [0.5, 0.6) is 0 Å². The van der Waals surface area contributed by atoms with Crippen molar-refractivity contribution in [2.24, 2.45) is 0 Å². The minimum Gasteiger partial charge on any atom is -0.268 e. The molecule has 1 aliphatic rings. The lowest BCUT2D eigenvalue weighted by molar-refractivity contribution is -0.113. The van der Waals surface area contributed by atoms with Crippen molar-refractivity contribution < 1.29 is 9.59 Å². The summed E-state index contributed by atoms with van der Waals surface area (Å²) < 4.78 is 0.970.